The van der Waals surface area contributed by atoms with Crippen molar-refractivity contribution in [3.63, 3.8) is 0 Å². The van der Waals surface area contributed by atoms with Crippen molar-refractivity contribution in [1.82, 2.24) is 10.6 Å². The van der Waals surface area contributed by atoms with Crippen LogP contribution in [0, 0.1) is 0 Å². The highest BCUT2D eigenvalue weighted by Crippen LogP contribution is 2.23. The molecule has 2 aromatic carbocycles. The normalized spacial score (nSPS) is 10.2. The molecule has 2 aromatic rings. The van der Waals surface area contributed by atoms with E-state index in [0.717, 1.165) is 0 Å². The van der Waals surface area contributed by atoms with Crippen LogP contribution in [0.15, 0.2) is 48.5 Å². The molecule has 3 N–H and O–H groups in total. The Bertz CT molecular complexity index is 752. The van der Waals surface area contributed by atoms with Gasteiger partial charge in [0.25, 0.3) is 5.91 Å². The van der Waals surface area contributed by atoms with E-state index in [0.29, 0.717) is 48.9 Å². The zero-order chi connectivity index (χ0) is 18.8. The number of ether oxygens (including phenoxy) is 1. The monoisotopic (exact) mass is 376 g/mol. The molecule has 6 nitrogen and oxygen atoms in total. The zero-order valence-electron chi connectivity index (χ0n) is 14.2. The Kier molecular flexibility index (Phi) is 7.76. The first-order chi connectivity index (χ1) is 12.6. The van der Waals surface area contributed by atoms with E-state index in [1.807, 2.05) is 12.1 Å². The summed E-state index contributed by atoms with van der Waals surface area (Å²) in [5.41, 5.74) is 0.369. The van der Waals surface area contributed by atoms with Crippen molar-refractivity contribution in [2.45, 2.75) is 12.8 Å². The second-order valence-electron chi connectivity index (χ2n) is 5.54. The number of phenols is 1. The minimum Gasteiger partial charge on any atom is -0.508 e. The molecule has 0 aliphatic heterocycles. The number of amides is 2. The van der Waals surface area contributed by atoms with E-state index in [2.05, 4.69) is 10.6 Å². The highest BCUT2D eigenvalue weighted by atomic mass is 35.5. The van der Waals surface area contributed by atoms with Gasteiger partial charge in [0.1, 0.15) is 11.5 Å². The number of hydrogen-bond acceptors (Lipinski definition) is 4. The molecule has 2 amide bonds. The maximum atomic E-state index is 11.9. The smallest absolute Gasteiger partial charge is 0.251 e. The van der Waals surface area contributed by atoms with Gasteiger partial charge in [0.2, 0.25) is 5.91 Å². The second kappa shape index (κ2) is 10.3. The molecule has 0 aromatic heterocycles. The van der Waals surface area contributed by atoms with E-state index in [9.17, 15) is 14.7 Å². The predicted molar refractivity (Wildman–Crippen MR) is 99.6 cm³/mol. The Morgan fingerprint density at radius 1 is 1.04 bits per heavy atom. The molecule has 0 fully saturated rings. The van der Waals surface area contributed by atoms with Crippen LogP contribution in [0.5, 0.6) is 11.5 Å². The van der Waals surface area contributed by atoms with Crippen molar-refractivity contribution >= 4 is 23.4 Å². The summed E-state index contributed by atoms with van der Waals surface area (Å²) in [6.07, 6.45) is 0.887. The molecule has 2 rings (SSSR count). The Balaban J connectivity index is 1.56. The summed E-state index contributed by atoms with van der Waals surface area (Å²) in [5, 5.41) is 15.3. The van der Waals surface area contributed by atoms with Crippen molar-refractivity contribution in [2.75, 3.05) is 19.7 Å². The molecule has 0 bridgehead atoms. The van der Waals surface area contributed by atoms with E-state index < -0.39 is 0 Å². The lowest BCUT2D eigenvalue weighted by Gasteiger charge is -2.09. The summed E-state index contributed by atoms with van der Waals surface area (Å²) in [4.78, 5) is 23.6. The number of rotatable bonds is 9. The minimum atomic E-state index is -0.303. The predicted octanol–water partition coefficient (Wildman–Crippen LogP) is 2.75. The fourth-order valence-electron chi connectivity index (χ4n) is 2.19. The second-order valence-corrected chi connectivity index (χ2v) is 5.95. The molecule has 26 heavy (non-hydrogen) atoms. The lowest BCUT2D eigenvalue weighted by Crippen LogP contribution is -2.34. The molecule has 0 saturated heterocycles. The molecule has 0 saturated carbocycles. The van der Waals surface area contributed by atoms with E-state index in [-0.39, 0.29) is 17.6 Å². The average Bonchev–Trinajstić information content (AvgIpc) is 2.63. The Hall–Kier alpha value is -2.73. The fraction of sp³-hybridized carbons (Fsp3) is 0.263. The standard InChI is InChI=1S/C19H21ClN2O4/c20-16-7-1-2-8-17(16)26-12-4-9-18(24)21-10-11-22-19(25)14-5-3-6-15(23)13-14/h1-3,5-8,13,23H,4,9-12H2,(H,21,24)(H,22,25). The number of carbonyl (C=O) groups is 2. The minimum absolute atomic E-state index is 0.0324. The number of halogens is 1. The van der Waals surface area contributed by atoms with Gasteiger partial charge in [0.05, 0.1) is 11.6 Å². The van der Waals surface area contributed by atoms with Gasteiger partial charge in [-0.25, -0.2) is 0 Å². The topological polar surface area (TPSA) is 87.7 Å². The lowest BCUT2D eigenvalue weighted by atomic mass is 10.2. The maximum Gasteiger partial charge on any atom is 0.251 e. The SMILES string of the molecule is O=C(CCCOc1ccccc1Cl)NCCNC(=O)c1cccc(O)c1. The first-order valence-electron chi connectivity index (χ1n) is 8.27. The highest BCUT2D eigenvalue weighted by Gasteiger charge is 2.06. The Morgan fingerprint density at radius 2 is 1.81 bits per heavy atom. The number of nitrogens with one attached hydrogen (secondary N) is 2. The molecule has 138 valence electrons. The van der Waals surface area contributed by atoms with Crippen molar-refractivity contribution < 1.29 is 19.4 Å². The van der Waals surface area contributed by atoms with Gasteiger partial charge in [-0.05, 0) is 36.8 Å². The molecular weight excluding hydrogens is 356 g/mol. The highest BCUT2D eigenvalue weighted by molar-refractivity contribution is 6.32. The van der Waals surface area contributed by atoms with Crippen molar-refractivity contribution in [2.24, 2.45) is 0 Å². The Morgan fingerprint density at radius 3 is 2.58 bits per heavy atom. The van der Waals surface area contributed by atoms with Crippen LogP contribution in [0.2, 0.25) is 5.02 Å². The summed E-state index contributed by atoms with van der Waals surface area (Å²) < 4.78 is 5.51. The first-order valence-corrected chi connectivity index (χ1v) is 8.65. The molecule has 0 heterocycles. The average molecular weight is 377 g/mol. The lowest BCUT2D eigenvalue weighted by molar-refractivity contribution is -0.121. The summed E-state index contributed by atoms with van der Waals surface area (Å²) >= 11 is 5.98. The maximum absolute atomic E-state index is 11.9. The van der Waals surface area contributed by atoms with Gasteiger partial charge in [-0.3, -0.25) is 9.59 Å². The molecule has 0 aliphatic rings. The number of para-hydroxylation sites is 1. The van der Waals surface area contributed by atoms with Crippen molar-refractivity contribution in [1.29, 1.82) is 0 Å². The van der Waals surface area contributed by atoms with Crippen LogP contribution in [-0.2, 0) is 4.79 Å². The van der Waals surface area contributed by atoms with E-state index in [4.69, 9.17) is 16.3 Å². The Labute approximate surface area is 157 Å². The summed E-state index contributed by atoms with van der Waals surface area (Å²) in [6.45, 7) is 1.02. The van der Waals surface area contributed by atoms with Gasteiger partial charge in [0.15, 0.2) is 0 Å². The van der Waals surface area contributed by atoms with Gasteiger partial charge < -0.3 is 20.5 Å². The van der Waals surface area contributed by atoms with Crippen LogP contribution in [-0.4, -0.2) is 36.6 Å². The molecule has 0 unspecified atom stereocenters. The van der Waals surface area contributed by atoms with E-state index in [1.54, 1.807) is 24.3 Å². The molecule has 0 spiro atoms. The van der Waals surface area contributed by atoms with E-state index >= 15 is 0 Å². The van der Waals surface area contributed by atoms with Gasteiger partial charge >= 0.3 is 0 Å². The van der Waals surface area contributed by atoms with Crippen LogP contribution >= 0.6 is 11.6 Å². The third-order valence-electron chi connectivity index (χ3n) is 3.48. The molecule has 7 heteroatoms. The third-order valence-corrected chi connectivity index (χ3v) is 3.80. The fourth-order valence-corrected chi connectivity index (χ4v) is 2.38. The quantitative estimate of drug-likeness (QED) is 0.587. The van der Waals surface area contributed by atoms with Crippen LogP contribution < -0.4 is 15.4 Å². The van der Waals surface area contributed by atoms with Gasteiger partial charge in [-0.15, -0.1) is 0 Å². The molecule has 0 atom stereocenters. The third kappa shape index (κ3) is 6.64. The first kappa shape index (κ1) is 19.6. The molecule has 0 radical (unpaired) electrons. The summed E-state index contributed by atoms with van der Waals surface area (Å²) in [5.74, 6) is 0.219. The molecule has 0 aliphatic carbocycles. The summed E-state index contributed by atoms with van der Waals surface area (Å²) in [7, 11) is 0. The molecular formula is C19H21ClN2O4. The largest absolute Gasteiger partial charge is 0.508 e. The zero-order valence-corrected chi connectivity index (χ0v) is 15.0. The van der Waals surface area contributed by atoms with Crippen LogP contribution in [0.4, 0.5) is 0 Å². The summed E-state index contributed by atoms with van der Waals surface area (Å²) in [6, 6.07) is 13.2. The van der Waals surface area contributed by atoms with Crippen LogP contribution in [0.3, 0.4) is 0 Å². The van der Waals surface area contributed by atoms with Gasteiger partial charge in [-0.2, -0.15) is 0 Å². The van der Waals surface area contributed by atoms with Crippen LogP contribution in [0.1, 0.15) is 23.2 Å². The van der Waals surface area contributed by atoms with Crippen molar-refractivity contribution in [3.05, 3.63) is 59.1 Å². The number of carbonyl (C=O) groups excluding carboxylic acids is 2. The number of hydrogen-bond donors (Lipinski definition) is 3. The van der Waals surface area contributed by atoms with Crippen LogP contribution in [0.25, 0.3) is 0 Å². The number of benzene rings is 2. The van der Waals surface area contributed by atoms with Crippen molar-refractivity contribution in [3.8, 4) is 11.5 Å². The van der Waals surface area contributed by atoms with Gasteiger partial charge in [-0.1, -0.05) is 29.8 Å². The number of phenolic OH excluding ortho intramolecular Hbond substituents is 1. The number of aromatic hydroxyl groups is 1. The van der Waals surface area contributed by atoms with E-state index in [1.165, 1.54) is 12.1 Å². The van der Waals surface area contributed by atoms with Gasteiger partial charge in [0, 0.05) is 25.1 Å².